The second kappa shape index (κ2) is 18.6. The highest BCUT2D eigenvalue weighted by atomic mass is 28.4. The van der Waals surface area contributed by atoms with E-state index in [9.17, 15) is 0 Å². The summed E-state index contributed by atoms with van der Waals surface area (Å²) in [4.78, 5) is 0. The normalized spacial score (nSPS) is 12.0. The molecule has 0 fully saturated rings. The van der Waals surface area contributed by atoms with Crippen LogP contribution in [0.3, 0.4) is 0 Å². The Morgan fingerprint density at radius 2 is 0.577 bits per heavy atom. The summed E-state index contributed by atoms with van der Waals surface area (Å²) < 4.78 is 33.9. The SMILES string of the molecule is CCC[Si](OCC)(OCC)OCC.CCC[Si](OCC)(OCC)OCC. The smallest absolute Gasteiger partial charge is 0.374 e. The maximum Gasteiger partial charge on any atom is 0.500 e. The molecule has 0 spiro atoms. The quantitative estimate of drug-likeness (QED) is 0.336. The zero-order chi connectivity index (χ0) is 20.3. The fourth-order valence-corrected chi connectivity index (χ4v) is 7.84. The zero-order valence-corrected chi connectivity index (χ0v) is 20.5. The van der Waals surface area contributed by atoms with Crippen molar-refractivity contribution in [2.45, 2.75) is 80.3 Å². The molecule has 0 bridgehead atoms. The summed E-state index contributed by atoms with van der Waals surface area (Å²) in [6, 6.07) is 1.84. The molecule has 0 aliphatic carbocycles. The number of hydrogen-bond acceptors (Lipinski definition) is 6. The van der Waals surface area contributed by atoms with Gasteiger partial charge in [-0.3, -0.25) is 0 Å². The lowest BCUT2D eigenvalue weighted by atomic mass is 10.6. The van der Waals surface area contributed by atoms with E-state index in [2.05, 4.69) is 13.8 Å². The van der Waals surface area contributed by atoms with Crippen LogP contribution in [0.15, 0.2) is 0 Å². The molecule has 6 nitrogen and oxygen atoms in total. The molecular weight excluding hydrogens is 368 g/mol. The van der Waals surface area contributed by atoms with E-state index in [1.54, 1.807) is 0 Å². The van der Waals surface area contributed by atoms with Crippen LogP contribution in [0.1, 0.15) is 68.2 Å². The highest BCUT2D eigenvalue weighted by Gasteiger charge is 2.39. The van der Waals surface area contributed by atoms with Crippen molar-refractivity contribution in [1.29, 1.82) is 0 Å². The molecule has 0 atom stereocenters. The minimum Gasteiger partial charge on any atom is -0.374 e. The lowest BCUT2D eigenvalue weighted by molar-refractivity contribution is 0.0703. The first-order chi connectivity index (χ1) is 12.5. The van der Waals surface area contributed by atoms with Crippen LogP contribution in [-0.2, 0) is 26.6 Å². The average molecular weight is 413 g/mol. The Balaban J connectivity index is 0. The number of rotatable bonds is 16. The van der Waals surface area contributed by atoms with Crippen molar-refractivity contribution in [2.75, 3.05) is 39.6 Å². The van der Waals surface area contributed by atoms with E-state index in [0.29, 0.717) is 39.6 Å². The van der Waals surface area contributed by atoms with Gasteiger partial charge < -0.3 is 26.6 Å². The van der Waals surface area contributed by atoms with Crippen LogP contribution in [0, 0.1) is 0 Å². The summed E-state index contributed by atoms with van der Waals surface area (Å²) >= 11 is 0. The molecule has 0 rings (SSSR count). The van der Waals surface area contributed by atoms with Crippen molar-refractivity contribution < 1.29 is 26.6 Å². The van der Waals surface area contributed by atoms with Gasteiger partial charge in [-0.05, 0) is 41.5 Å². The Bertz CT molecular complexity index is 208. The Labute approximate surface area is 164 Å². The molecule has 0 aliphatic heterocycles. The second-order valence-corrected chi connectivity index (χ2v) is 10.9. The Kier molecular flexibility index (Phi) is 20.3. The first kappa shape index (κ1) is 28.4. The lowest BCUT2D eigenvalue weighted by Crippen LogP contribution is -2.45. The van der Waals surface area contributed by atoms with Crippen LogP contribution in [0.2, 0.25) is 12.1 Å². The summed E-state index contributed by atoms with van der Waals surface area (Å²) in [5.74, 6) is 0. The summed E-state index contributed by atoms with van der Waals surface area (Å²) in [6.07, 6.45) is 2.10. The minimum absolute atomic E-state index is 0.673. The van der Waals surface area contributed by atoms with Crippen LogP contribution in [0.25, 0.3) is 0 Å². The minimum atomic E-state index is -2.30. The van der Waals surface area contributed by atoms with Crippen LogP contribution in [0.5, 0.6) is 0 Å². The van der Waals surface area contributed by atoms with Gasteiger partial charge in [0, 0.05) is 51.7 Å². The van der Waals surface area contributed by atoms with Crippen molar-refractivity contribution >= 4 is 17.6 Å². The maximum absolute atomic E-state index is 5.65. The first-order valence-corrected chi connectivity index (χ1v) is 14.2. The Morgan fingerprint density at radius 3 is 0.692 bits per heavy atom. The van der Waals surface area contributed by atoms with Gasteiger partial charge in [-0.2, -0.15) is 0 Å². The molecular formula is C18H44O6Si2. The third-order valence-electron chi connectivity index (χ3n) is 3.30. The highest BCUT2D eigenvalue weighted by Crippen LogP contribution is 2.18. The molecule has 0 amide bonds. The van der Waals surface area contributed by atoms with Gasteiger partial charge in [-0.1, -0.05) is 26.7 Å². The molecule has 26 heavy (non-hydrogen) atoms. The van der Waals surface area contributed by atoms with Gasteiger partial charge >= 0.3 is 17.6 Å². The van der Waals surface area contributed by atoms with Crippen LogP contribution < -0.4 is 0 Å². The maximum atomic E-state index is 5.65. The molecule has 0 heterocycles. The molecule has 0 saturated heterocycles. The largest absolute Gasteiger partial charge is 0.500 e. The summed E-state index contributed by atoms with van der Waals surface area (Å²) in [5.41, 5.74) is 0. The van der Waals surface area contributed by atoms with Crippen molar-refractivity contribution in [3.8, 4) is 0 Å². The fourth-order valence-electron chi connectivity index (χ4n) is 2.61. The standard InChI is InChI=1S/2C9H22O3Si/c2*1-5-9-13(10-6-2,11-7-3)12-8-4/h2*5-9H2,1-4H3. The van der Waals surface area contributed by atoms with Gasteiger partial charge in [0.15, 0.2) is 0 Å². The van der Waals surface area contributed by atoms with Gasteiger partial charge in [0.25, 0.3) is 0 Å². The van der Waals surface area contributed by atoms with Gasteiger partial charge in [0.05, 0.1) is 0 Å². The molecule has 8 heteroatoms. The predicted molar refractivity (Wildman–Crippen MR) is 111 cm³/mol. The summed E-state index contributed by atoms with van der Waals surface area (Å²) in [7, 11) is -4.59. The molecule has 160 valence electrons. The first-order valence-electron chi connectivity index (χ1n) is 10.3. The van der Waals surface area contributed by atoms with E-state index in [-0.39, 0.29) is 0 Å². The van der Waals surface area contributed by atoms with E-state index in [1.807, 2.05) is 41.5 Å². The predicted octanol–water partition coefficient (Wildman–Crippen LogP) is 4.89. The monoisotopic (exact) mass is 412 g/mol. The number of hydrogen-bond donors (Lipinski definition) is 0. The molecule has 0 saturated carbocycles. The van der Waals surface area contributed by atoms with Gasteiger partial charge in [-0.15, -0.1) is 0 Å². The molecule has 0 radical (unpaired) electrons. The third-order valence-corrected chi connectivity index (χ3v) is 9.89. The zero-order valence-electron chi connectivity index (χ0n) is 18.5. The second-order valence-electron chi connectivity index (χ2n) is 5.46. The molecule has 0 aromatic heterocycles. The molecule has 0 unspecified atom stereocenters. The third kappa shape index (κ3) is 12.6. The Hall–Kier alpha value is 0.194. The van der Waals surface area contributed by atoms with E-state index < -0.39 is 17.6 Å². The molecule has 0 aliphatic rings. The van der Waals surface area contributed by atoms with Gasteiger partial charge in [0.1, 0.15) is 0 Å². The van der Waals surface area contributed by atoms with E-state index in [4.69, 9.17) is 26.6 Å². The van der Waals surface area contributed by atoms with Crippen molar-refractivity contribution in [2.24, 2.45) is 0 Å². The lowest BCUT2D eigenvalue weighted by Gasteiger charge is -2.27. The van der Waals surface area contributed by atoms with Crippen LogP contribution >= 0.6 is 0 Å². The van der Waals surface area contributed by atoms with E-state index in [1.165, 1.54) is 0 Å². The molecule has 0 aromatic rings. The van der Waals surface area contributed by atoms with Crippen LogP contribution in [-0.4, -0.2) is 57.3 Å². The van der Waals surface area contributed by atoms with Gasteiger partial charge in [-0.25, -0.2) is 0 Å². The molecule has 0 aromatic carbocycles. The van der Waals surface area contributed by atoms with E-state index >= 15 is 0 Å². The topological polar surface area (TPSA) is 55.4 Å². The Morgan fingerprint density at radius 1 is 0.385 bits per heavy atom. The van der Waals surface area contributed by atoms with Crippen molar-refractivity contribution in [1.82, 2.24) is 0 Å². The fraction of sp³-hybridized carbons (Fsp3) is 1.00. The van der Waals surface area contributed by atoms with Crippen molar-refractivity contribution in [3.63, 3.8) is 0 Å². The van der Waals surface area contributed by atoms with Crippen molar-refractivity contribution in [3.05, 3.63) is 0 Å². The highest BCUT2D eigenvalue weighted by molar-refractivity contribution is 6.61. The summed E-state index contributed by atoms with van der Waals surface area (Å²) in [5, 5.41) is 0. The van der Waals surface area contributed by atoms with Crippen LogP contribution in [0.4, 0.5) is 0 Å². The summed E-state index contributed by atoms with van der Waals surface area (Å²) in [6.45, 7) is 20.2. The van der Waals surface area contributed by atoms with E-state index in [0.717, 1.165) is 24.9 Å². The molecule has 0 N–H and O–H groups in total. The van der Waals surface area contributed by atoms with Gasteiger partial charge in [0.2, 0.25) is 0 Å². The average Bonchev–Trinajstić information content (AvgIpc) is 2.57.